The first-order valence-corrected chi connectivity index (χ1v) is 5.52. The number of aryl methyl sites for hydroxylation is 3. The predicted octanol–water partition coefficient (Wildman–Crippen LogP) is 2.59. The van der Waals surface area contributed by atoms with E-state index in [1.54, 1.807) is 13.0 Å². The number of anilines is 1. The van der Waals surface area contributed by atoms with Gasteiger partial charge in [-0.05, 0) is 39.0 Å². The molecule has 0 unspecified atom stereocenters. The minimum absolute atomic E-state index is 0.0292. The number of pyridine rings is 1. The van der Waals surface area contributed by atoms with Gasteiger partial charge in [0, 0.05) is 17.0 Å². The number of hydrogen-bond donors (Lipinski definition) is 1. The molecule has 18 heavy (non-hydrogen) atoms. The van der Waals surface area contributed by atoms with Crippen molar-refractivity contribution in [3.63, 3.8) is 0 Å². The first kappa shape index (κ1) is 12.1. The molecule has 0 saturated carbocycles. The molecule has 0 spiro atoms. The molecule has 94 valence electrons. The van der Waals surface area contributed by atoms with Crippen LogP contribution in [0.4, 0.5) is 11.5 Å². The maximum Gasteiger partial charge on any atom is 0.290 e. The van der Waals surface area contributed by atoms with Gasteiger partial charge < -0.3 is 0 Å². The standard InChI is InChI=1S/C12H14N4O2/c1-8-6-12(13-7-11(8)16(17)18)14-15-9(2)4-5-10(15)3/h4-7H,1-3H3,(H,13,14). The Labute approximate surface area is 104 Å². The highest BCUT2D eigenvalue weighted by Gasteiger charge is 2.11. The number of aromatic nitrogens is 2. The Morgan fingerprint density at radius 3 is 2.39 bits per heavy atom. The summed E-state index contributed by atoms with van der Waals surface area (Å²) in [6.07, 6.45) is 1.27. The fourth-order valence-electron chi connectivity index (χ4n) is 1.76. The summed E-state index contributed by atoms with van der Waals surface area (Å²) in [6.45, 7) is 5.64. The van der Waals surface area contributed by atoms with E-state index in [2.05, 4.69) is 10.4 Å². The van der Waals surface area contributed by atoms with Crippen molar-refractivity contribution in [2.75, 3.05) is 5.43 Å². The van der Waals surface area contributed by atoms with Crippen molar-refractivity contribution < 1.29 is 4.92 Å². The zero-order chi connectivity index (χ0) is 13.3. The fraction of sp³-hybridized carbons (Fsp3) is 0.250. The summed E-state index contributed by atoms with van der Waals surface area (Å²) in [6, 6.07) is 5.64. The molecule has 2 rings (SSSR count). The lowest BCUT2D eigenvalue weighted by molar-refractivity contribution is -0.385. The Bertz CT molecular complexity index is 585. The van der Waals surface area contributed by atoms with Crippen molar-refractivity contribution in [1.82, 2.24) is 9.66 Å². The third-order valence-electron chi connectivity index (χ3n) is 2.78. The molecule has 0 aliphatic rings. The van der Waals surface area contributed by atoms with Gasteiger partial charge in [-0.25, -0.2) is 4.98 Å². The summed E-state index contributed by atoms with van der Waals surface area (Å²) in [5.74, 6) is 0.584. The predicted molar refractivity (Wildman–Crippen MR) is 68.6 cm³/mol. The lowest BCUT2D eigenvalue weighted by atomic mass is 10.2. The van der Waals surface area contributed by atoms with Gasteiger partial charge in [0.15, 0.2) is 0 Å². The third-order valence-corrected chi connectivity index (χ3v) is 2.78. The van der Waals surface area contributed by atoms with Crippen LogP contribution in [0.3, 0.4) is 0 Å². The van der Waals surface area contributed by atoms with Crippen LogP contribution in [0.2, 0.25) is 0 Å². The second-order valence-electron chi connectivity index (χ2n) is 4.18. The monoisotopic (exact) mass is 246 g/mol. The Hall–Kier alpha value is -2.37. The van der Waals surface area contributed by atoms with E-state index < -0.39 is 4.92 Å². The number of rotatable bonds is 3. The van der Waals surface area contributed by atoms with Crippen LogP contribution in [0.1, 0.15) is 17.0 Å². The first-order valence-electron chi connectivity index (χ1n) is 5.52. The number of hydrogen-bond acceptors (Lipinski definition) is 4. The Kier molecular flexibility index (Phi) is 3.01. The summed E-state index contributed by atoms with van der Waals surface area (Å²) in [5.41, 5.74) is 5.82. The molecule has 0 aliphatic heterocycles. The molecule has 0 atom stereocenters. The van der Waals surface area contributed by atoms with Crippen LogP contribution < -0.4 is 5.43 Å². The van der Waals surface area contributed by atoms with Gasteiger partial charge in [-0.3, -0.25) is 20.2 Å². The van der Waals surface area contributed by atoms with E-state index in [1.807, 2.05) is 30.7 Å². The van der Waals surface area contributed by atoms with E-state index >= 15 is 0 Å². The molecule has 0 aliphatic carbocycles. The van der Waals surface area contributed by atoms with Crippen LogP contribution in [-0.2, 0) is 0 Å². The van der Waals surface area contributed by atoms with Crippen molar-refractivity contribution in [2.45, 2.75) is 20.8 Å². The molecule has 6 nitrogen and oxygen atoms in total. The highest BCUT2D eigenvalue weighted by molar-refractivity contribution is 5.47. The summed E-state index contributed by atoms with van der Waals surface area (Å²) in [4.78, 5) is 14.3. The van der Waals surface area contributed by atoms with Gasteiger partial charge >= 0.3 is 0 Å². The molecule has 0 aromatic carbocycles. The molecule has 2 heterocycles. The largest absolute Gasteiger partial charge is 0.290 e. The van der Waals surface area contributed by atoms with E-state index in [4.69, 9.17) is 0 Å². The molecule has 0 fully saturated rings. The van der Waals surface area contributed by atoms with Crippen molar-refractivity contribution in [2.24, 2.45) is 0 Å². The van der Waals surface area contributed by atoms with Crippen LogP contribution in [0.15, 0.2) is 24.4 Å². The lowest BCUT2D eigenvalue weighted by Crippen LogP contribution is -2.13. The Morgan fingerprint density at radius 1 is 1.28 bits per heavy atom. The third kappa shape index (κ3) is 2.17. The molecule has 0 radical (unpaired) electrons. The van der Waals surface area contributed by atoms with Crippen molar-refractivity contribution in [3.8, 4) is 0 Å². The average molecular weight is 246 g/mol. The van der Waals surface area contributed by atoms with E-state index in [1.165, 1.54) is 6.20 Å². The maximum atomic E-state index is 10.7. The SMILES string of the molecule is Cc1cc(Nn2c(C)ccc2C)ncc1[N+](=O)[O-]. The van der Waals surface area contributed by atoms with Gasteiger partial charge in [-0.2, -0.15) is 0 Å². The van der Waals surface area contributed by atoms with Crippen LogP contribution in [0.25, 0.3) is 0 Å². The van der Waals surface area contributed by atoms with Gasteiger partial charge in [0.1, 0.15) is 12.0 Å². The highest BCUT2D eigenvalue weighted by Crippen LogP contribution is 2.19. The Morgan fingerprint density at radius 2 is 1.89 bits per heavy atom. The molecule has 1 N–H and O–H groups in total. The molecule has 0 saturated heterocycles. The summed E-state index contributed by atoms with van der Waals surface area (Å²) < 4.78 is 1.88. The second kappa shape index (κ2) is 4.48. The number of nitro groups is 1. The summed E-state index contributed by atoms with van der Waals surface area (Å²) in [7, 11) is 0. The van der Waals surface area contributed by atoms with E-state index in [9.17, 15) is 10.1 Å². The van der Waals surface area contributed by atoms with Crippen molar-refractivity contribution in [3.05, 3.63) is 51.5 Å². The normalized spacial score (nSPS) is 10.4. The molecule has 2 aromatic heterocycles. The quantitative estimate of drug-likeness (QED) is 0.667. The van der Waals surface area contributed by atoms with Gasteiger partial charge in [0.25, 0.3) is 5.69 Å². The van der Waals surface area contributed by atoms with Crippen molar-refractivity contribution >= 4 is 11.5 Å². The molecular formula is C12H14N4O2. The fourth-order valence-corrected chi connectivity index (χ4v) is 1.76. The topological polar surface area (TPSA) is 73.0 Å². The zero-order valence-electron chi connectivity index (χ0n) is 10.5. The summed E-state index contributed by atoms with van der Waals surface area (Å²) >= 11 is 0. The maximum absolute atomic E-state index is 10.7. The van der Waals surface area contributed by atoms with Gasteiger partial charge in [-0.15, -0.1) is 0 Å². The zero-order valence-corrected chi connectivity index (χ0v) is 10.5. The van der Waals surface area contributed by atoms with Gasteiger partial charge in [0.2, 0.25) is 0 Å². The minimum atomic E-state index is -0.432. The van der Waals surface area contributed by atoms with E-state index in [0.29, 0.717) is 11.4 Å². The highest BCUT2D eigenvalue weighted by atomic mass is 16.6. The Balaban J connectivity index is 2.31. The number of nitrogens with one attached hydrogen (secondary N) is 1. The minimum Gasteiger partial charge on any atom is -0.278 e. The van der Waals surface area contributed by atoms with Crippen molar-refractivity contribution in [1.29, 1.82) is 0 Å². The molecule has 2 aromatic rings. The van der Waals surface area contributed by atoms with Gasteiger partial charge in [-0.1, -0.05) is 0 Å². The van der Waals surface area contributed by atoms with Crippen LogP contribution in [0.5, 0.6) is 0 Å². The van der Waals surface area contributed by atoms with Crippen LogP contribution in [0, 0.1) is 30.9 Å². The second-order valence-corrected chi connectivity index (χ2v) is 4.18. The molecular weight excluding hydrogens is 232 g/mol. The smallest absolute Gasteiger partial charge is 0.278 e. The lowest BCUT2D eigenvalue weighted by Gasteiger charge is -2.12. The van der Waals surface area contributed by atoms with E-state index in [0.717, 1.165) is 11.4 Å². The first-order chi connectivity index (χ1) is 8.49. The average Bonchev–Trinajstić information content (AvgIpc) is 2.60. The summed E-state index contributed by atoms with van der Waals surface area (Å²) in [5, 5.41) is 10.7. The molecule has 6 heteroatoms. The molecule has 0 bridgehead atoms. The van der Waals surface area contributed by atoms with E-state index in [-0.39, 0.29) is 5.69 Å². The van der Waals surface area contributed by atoms with Gasteiger partial charge in [0.05, 0.1) is 4.92 Å². The molecule has 0 amide bonds. The van der Waals surface area contributed by atoms with Crippen LogP contribution in [-0.4, -0.2) is 14.6 Å². The van der Waals surface area contributed by atoms with Crippen LogP contribution >= 0.6 is 0 Å². The number of nitrogens with zero attached hydrogens (tertiary/aromatic N) is 3.